The molecule has 0 aromatic carbocycles. The van der Waals surface area contributed by atoms with E-state index in [9.17, 15) is 4.79 Å². The molecule has 5 nitrogen and oxygen atoms in total. The molecule has 0 unspecified atom stereocenters. The van der Waals surface area contributed by atoms with E-state index in [0.717, 1.165) is 5.65 Å². The lowest BCUT2D eigenvalue weighted by Crippen LogP contribution is -2.37. The third-order valence-corrected chi connectivity index (χ3v) is 2.28. The molecule has 0 fully saturated rings. The molecule has 2 rings (SSSR count). The first-order valence-corrected chi connectivity index (χ1v) is 4.61. The Morgan fingerprint density at radius 3 is 3.07 bits per heavy atom. The number of carbonyl (C=O) groups is 1. The van der Waals surface area contributed by atoms with Crippen LogP contribution in [0.2, 0.25) is 0 Å². The van der Waals surface area contributed by atoms with Crippen molar-refractivity contribution in [2.75, 3.05) is 14.1 Å². The Hall–Kier alpha value is -1.88. The van der Waals surface area contributed by atoms with Crippen LogP contribution in [0.1, 0.15) is 10.5 Å². The fourth-order valence-corrected chi connectivity index (χ4v) is 1.36. The van der Waals surface area contributed by atoms with Crippen molar-refractivity contribution in [1.29, 1.82) is 0 Å². The second-order valence-corrected chi connectivity index (χ2v) is 3.16. The van der Waals surface area contributed by atoms with Gasteiger partial charge in [-0.05, 0) is 12.1 Å². The molecule has 78 valence electrons. The standard InChI is InChI=1S/C10H12N4O/c1-11-13(2)10(15)8-7-12-9-5-3-4-6-14(8)9/h3-7,11H,1-2H3. The van der Waals surface area contributed by atoms with Gasteiger partial charge in [0, 0.05) is 20.3 Å². The van der Waals surface area contributed by atoms with Crippen LogP contribution in [0, 0.1) is 0 Å². The summed E-state index contributed by atoms with van der Waals surface area (Å²) in [6, 6.07) is 5.61. The largest absolute Gasteiger partial charge is 0.295 e. The van der Waals surface area contributed by atoms with Crippen molar-refractivity contribution < 1.29 is 4.79 Å². The summed E-state index contributed by atoms with van der Waals surface area (Å²) in [5, 5.41) is 1.41. The zero-order valence-electron chi connectivity index (χ0n) is 8.64. The summed E-state index contributed by atoms with van der Waals surface area (Å²) in [7, 11) is 3.37. The third-order valence-electron chi connectivity index (χ3n) is 2.28. The second-order valence-electron chi connectivity index (χ2n) is 3.16. The number of hydrazine groups is 1. The Kier molecular flexibility index (Phi) is 2.39. The molecule has 0 saturated carbocycles. The molecule has 0 bridgehead atoms. The van der Waals surface area contributed by atoms with Gasteiger partial charge >= 0.3 is 0 Å². The van der Waals surface area contributed by atoms with Gasteiger partial charge in [-0.3, -0.25) is 14.2 Å². The summed E-state index contributed by atoms with van der Waals surface area (Å²) >= 11 is 0. The maximum Gasteiger partial charge on any atom is 0.286 e. The molecular formula is C10H12N4O. The van der Waals surface area contributed by atoms with Crippen LogP contribution in [0.15, 0.2) is 30.6 Å². The van der Waals surface area contributed by atoms with Crippen LogP contribution < -0.4 is 5.43 Å². The Labute approximate surface area is 87.3 Å². The summed E-state index contributed by atoms with van der Waals surface area (Å²) in [5.41, 5.74) is 4.07. The second kappa shape index (κ2) is 3.70. The number of amides is 1. The number of carbonyl (C=O) groups excluding carboxylic acids is 1. The number of hydrogen-bond donors (Lipinski definition) is 1. The first-order chi connectivity index (χ1) is 7.24. The lowest BCUT2D eigenvalue weighted by Gasteiger charge is -2.14. The predicted molar refractivity (Wildman–Crippen MR) is 56.3 cm³/mol. The maximum atomic E-state index is 11.9. The third kappa shape index (κ3) is 1.57. The molecule has 2 heterocycles. The molecule has 0 spiro atoms. The normalized spacial score (nSPS) is 10.5. The number of fused-ring (bicyclic) bond motifs is 1. The van der Waals surface area contributed by atoms with Gasteiger partial charge in [0.1, 0.15) is 11.3 Å². The van der Waals surface area contributed by atoms with Gasteiger partial charge in [0.25, 0.3) is 5.91 Å². The van der Waals surface area contributed by atoms with E-state index >= 15 is 0 Å². The Morgan fingerprint density at radius 2 is 2.33 bits per heavy atom. The molecule has 0 atom stereocenters. The average Bonchev–Trinajstić information content (AvgIpc) is 2.70. The lowest BCUT2D eigenvalue weighted by atomic mass is 10.4. The average molecular weight is 204 g/mol. The molecule has 5 heteroatoms. The number of rotatable bonds is 2. The topological polar surface area (TPSA) is 49.6 Å². The summed E-state index contributed by atoms with van der Waals surface area (Å²) < 4.78 is 1.76. The number of imidazole rings is 1. The smallest absolute Gasteiger partial charge is 0.286 e. The first-order valence-electron chi connectivity index (χ1n) is 4.61. The quantitative estimate of drug-likeness (QED) is 0.726. The highest BCUT2D eigenvalue weighted by molar-refractivity contribution is 5.92. The minimum absolute atomic E-state index is 0.115. The number of pyridine rings is 1. The zero-order chi connectivity index (χ0) is 10.8. The zero-order valence-corrected chi connectivity index (χ0v) is 8.64. The molecular weight excluding hydrogens is 192 g/mol. The van der Waals surface area contributed by atoms with Crippen LogP contribution >= 0.6 is 0 Å². The highest BCUT2D eigenvalue weighted by atomic mass is 16.2. The van der Waals surface area contributed by atoms with E-state index < -0.39 is 0 Å². The van der Waals surface area contributed by atoms with E-state index in [1.165, 1.54) is 5.01 Å². The van der Waals surface area contributed by atoms with Gasteiger partial charge in [-0.2, -0.15) is 0 Å². The molecule has 0 aliphatic carbocycles. The van der Waals surface area contributed by atoms with Crippen molar-refractivity contribution in [2.45, 2.75) is 0 Å². The van der Waals surface area contributed by atoms with E-state index in [-0.39, 0.29) is 5.91 Å². The van der Waals surface area contributed by atoms with Gasteiger partial charge in [0.15, 0.2) is 0 Å². The van der Waals surface area contributed by atoms with E-state index in [4.69, 9.17) is 0 Å². The van der Waals surface area contributed by atoms with Crippen molar-refractivity contribution in [2.24, 2.45) is 0 Å². The fraction of sp³-hybridized carbons (Fsp3) is 0.200. The summed E-state index contributed by atoms with van der Waals surface area (Å²) in [6.45, 7) is 0. The van der Waals surface area contributed by atoms with Crippen molar-refractivity contribution in [1.82, 2.24) is 19.8 Å². The van der Waals surface area contributed by atoms with Crippen LogP contribution in [0.25, 0.3) is 5.65 Å². The number of nitrogens with one attached hydrogen (secondary N) is 1. The van der Waals surface area contributed by atoms with E-state index in [1.807, 2.05) is 24.4 Å². The van der Waals surface area contributed by atoms with E-state index in [2.05, 4.69) is 10.4 Å². The van der Waals surface area contributed by atoms with Gasteiger partial charge in [-0.15, -0.1) is 0 Å². The van der Waals surface area contributed by atoms with Crippen LogP contribution in [-0.2, 0) is 0 Å². The van der Waals surface area contributed by atoms with Crippen LogP contribution in [0.5, 0.6) is 0 Å². The highest BCUT2D eigenvalue weighted by Gasteiger charge is 2.14. The van der Waals surface area contributed by atoms with Crippen LogP contribution in [0.3, 0.4) is 0 Å². The van der Waals surface area contributed by atoms with Gasteiger partial charge in [0.05, 0.1) is 6.20 Å². The monoisotopic (exact) mass is 204 g/mol. The minimum Gasteiger partial charge on any atom is -0.295 e. The lowest BCUT2D eigenvalue weighted by molar-refractivity contribution is 0.0728. The van der Waals surface area contributed by atoms with E-state index in [1.54, 1.807) is 24.7 Å². The fourth-order valence-electron chi connectivity index (χ4n) is 1.36. The molecule has 15 heavy (non-hydrogen) atoms. The number of hydrogen-bond acceptors (Lipinski definition) is 3. The molecule has 0 aliphatic rings. The Bertz CT molecular complexity index is 491. The summed E-state index contributed by atoms with van der Waals surface area (Å²) in [4.78, 5) is 16.0. The number of nitrogens with zero attached hydrogens (tertiary/aromatic N) is 3. The van der Waals surface area contributed by atoms with Gasteiger partial charge < -0.3 is 0 Å². The first kappa shape index (κ1) is 9.67. The molecule has 0 radical (unpaired) electrons. The van der Waals surface area contributed by atoms with Gasteiger partial charge in [-0.1, -0.05) is 6.07 Å². The van der Waals surface area contributed by atoms with Crippen LogP contribution in [-0.4, -0.2) is 34.4 Å². The van der Waals surface area contributed by atoms with Crippen LogP contribution in [0.4, 0.5) is 0 Å². The predicted octanol–water partition coefficient (Wildman–Crippen LogP) is 0.541. The van der Waals surface area contributed by atoms with Gasteiger partial charge in [0.2, 0.25) is 0 Å². The summed E-state index contributed by atoms with van der Waals surface area (Å²) in [5.74, 6) is -0.115. The van der Waals surface area contributed by atoms with E-state index in [0.29, 0.717) is 5.69 Å². The molecule has 2 aromatic rings. The maximum absolute atomic E-state index is 11.9. The molecule has 2 aromatic heterocycles. The SMILES string of the molecule is CNN(C)C(=O)c1cnc2ccccn12. The molecule has 0 saturated heterocycles. The molecule has 0 aliphatic heterocycles. The molecule has 1 amide bonds. The number of aromatic nitrogens is 2. The Balaban J connectivity index is 2.48. The van der Waals surface area contributed by atoms with Crippen molar-refractivity contribution in [3.63, 3.8) is 0 Å². The van der Waals surface area contributed by atoms with Crippen molar-refractivity contribution >= 4 is 11.6 Å². The van der Waals surface area contributed by atoms with Crippen molar-refractivity contribution in [3.8, 4) is 0 Å². The highest BCUT2D eigenvalue weighted by Crippen LogP contribution is 2.07. The summed E-state index contributed by atoms with van der Waals surface area (Å²) in [6.07, 6.45) is 3.39. The van der Waals surface area contributed by atoms with Crippen molar-refractivity contribution in [3.05, 3.63) is 36.3 Å². The van der Waals surface area contributed by atoms with Gasteiger partial charge in [-0.25, -0.2) is 10.4 Å². The molecule has 1 N–H and O–H groups in total. The minimum atomic E-state index is -0.115. The Morgan fingerprint density at radius 1 is 1.53 bits per heavy atom.